The first-order valence-corrected chi connectivity index (χ1v) is 6.40. The first-order chi connectivity index (χ1) is 8.09. The first kappa shape index (κ1) is 15.0. The van der Waals surface area contributed by atoms with Crippen LogP contribution in [0, 0.1) is 10.8 Å². The second-order valence-corrected chi connectivity index (χ2v) is 6.89. The maximum absolute atomic E-state index is 11.6. The van der Waals surface area contributed by atoms with Crippen LogP contribution in [-0.2, 0) is 9.63 Å². The van der Waals surface area contributed by atoms with E-state index in [2.05, 4.69) is 37.6 Å². The van der Waals surface area contributed by atoms with Crippen molar-refractivity contribution in [2.75, 3.05) is 13.6 Å². The molecule has 0 saturated heterocycles. The number of nitrogens with zero attached hydrogens (tertiary/aromatic N) is 1. The third-order valence-electron chi connectivity index (χ3n) is 3.51. The molecule has 104 valence electrons. The third kappa shape index (κ3) is 3.73. The zero-order chi connectivity index (χ0) is 14.1. The number of hydrogen-bond donors (Lipinski definition) is 1. The molecular formula is C14H26N2O2. The zero-order valence-corrected chi connectivity index (χ0v) is 12.5. The summed E-state index contributed by atoms with van der Waals surface area (Å²) in [7, 11) is 2.11. The fraction of sp³-hybridized carbons (Fsp3) is 0.786. The van der Waals surface area contributed by atoms with E-state index in [-0.39, 0.29) is 11.4 Å². The summed E-state index contributed by atoms with van der Waals surface area (Å²) in [6.45, 7) is 11.2. The Morgan fingerprint density at radius 2 is 1.89 bits per heavy atom. The standard InChI is InChI=1S/C14H26N2O2/c1-10-7-11(10)16(6)9-13(2,3)8-14(4,5)12(17)18-15/h7-9,15H2,1-6H3. The number of rotatable bonds is 6. The summed E-state index contributed by atoms with van der Waals surface area (Å²) in [5.41, 5.74) is 2.38. The summed E-state index contributed by atoms with van der Waals surface area (Å²) in [5.74, 6) is 4.64. The lowest BCUT2D eigenvalue weighted by Gasteiger charge is -2.35. The van der Waals surface area contributed by atoms with Gasteiger partial charge in [0, 0.05) is 25.7 Å². The molecular weight excluding hydrogens is 228 g/mol. The Morgan fingerprint density at radius 3 is 2.28 bits per heavy atom. The quantitative estimate of drug-likeness (QED) is 0.740. The minimum atomic E-state index is -0.550. The van der Waals surface area contributed by atoms with E-state index >= 15 is 0 Å². The van der Waals surface area contributed by atoms with Crippen LogP contribution in [0.4, 0.5) is 0 Å². The highest BCUT2D eigenvalue weighted by atomic mass is 16.7. The van der Waals surface area contributed by atoms with Gasteiger partial charge in [0.15, 0.2) is 0 Å². The molecule has 0 atom stereocenters. The number of hydrogen-bond acceptors (Lipinski definition) is 4. The molecule has 0 fully saturated rings. The average molecular weight is 254 g/mol. The third-order valence-corrected chi connectivity index (χ3v) is 3.51. The lowest BCUT2D eigenvalue weighted by molar-refractivity contribution is -0.156. The van der Waals surface area contributed by atoms with Gasteiger partial charge in [0.1, 0.15) is 0 Å². The first-order valence-electron chi connectivity index (χ1n) is 6.40. The van der Waals surface area contributed by atoms with Gasteiger partial charge < -0.3 is 9.74 Å². The summed E-state index contributed by atoms with van der Waals surface area (Å²) in [5, 5.41) is 0. The Kier molecular flexibility index (Phi) is 4.11. The van der Waals surface area contributed by atoms with Crippen molar-refractivity contribution in [3.05, 3.63) is 11.3 Å². The molecule has 0 aliphatic heterocycles. The van der Waals surface area contributed by atoms with Crippen LogP contribution in [0.2, 0.25) is 0 Å². The fourth-order valence-corrected chi connectivity index (χ4v) is 2.89. The van der Waals surface area contributed by atoms with E-state index in [1.54, 1.807) is 0 Å². The number of carbonyl (C=O) groups excluding carboxylic acids is 1. The Hall–Kier alpha value is -1.03. The van der Waals surface area contributed by atoms with Gasteiger partial charge in [0.2, 0.25) is 0 Å². The summed E-state index contributed by atoms with van der Waals surface area (Å²) in [4.78, 5) is 18.3. The minimum Gasteiger partial charge on any atom is -0.377 e. The van der Waals surface area contributed by atoms with E-state index in [0.717, 1.165) is 19.4 Å². The fourth-order valence-electron chi connectivity index (χ4n) is 2.89. The average Bonchev–Trinajstić information content (AvgIpc) is 2.91. The highest BCUT2D eigenvalue weighted by Crippen LogP contribution is 2.38. The highest BCUT2D eigenvalue weighted by Gasteiger charge is 2.37. The molecule has 0 bridgehead atoms. The normalized spacial score (nSPS) is 15.7. The number of carbonyl (C=O) groups is 1. The van der Waals surface area contributed by atoms with Crippen LogP contribution < -0.4 is 5.90 Å². The van der Waals surface area contributed by atoms with E-state index in [1.165, 1.54) is 11.3 Å². The molecule has 2 N–H and O–H groups in total. The van der Waals surface area contributed by atoms with Gasteiger partial charge in [-0.15, -0.1) is 0 Å². The Balaban J connectivity index is 2.61. The molecule has 0 unspecified atom stereocenters. The summed E-state index contributed by atoms with van der Waals surface area (Å²) in [6.07, 6.45) is 1.87. The maximum atomic E-state index is 11.6. The molecule has 0 aromatic carbocycles. The smallest absolute Gasteiger partial charge is 0.329 e. The van der Waals surface area contributed by atoms with Gasteiger partial charge in [-0.05, 0) is 38.2 Å². The SMILES string of the molecule is CC1=C(N(C)CC(C)(C)CC(C)(C)C(=O)ON)C1. The van der Waals surface area contributed by atoms with Crippen molar-refractivity contribution in [3.8, 4) is 0 Å². The van der Waals surface area contributed by atoms with Crippen molar-refractivity contribution in [1.82, 2.24) is 4.90 Å². The van der Waals surface area contributed by atoms with Crippen molar-refractivity contribution in [2.24, 2.45) is 16.7 Å². The lowest BCUT2D eigenvalue weighted by Crippen LogP contribution is -2.38. The molecule has 0 aromatic heterocycles. The second-order valence-electron chi connectivity index (χ2n) is 6.89. The van der Waals surface area contributed by atoms with Crippen molar-refractivity contribution < 1.29 is 9.63 Å². The van der Waals surface area contributed by atoms with Crippen molar-refractivity contribution in [1.29, 1.82) is 0 Å². The Morgan fingerprint density at radius 1 is 1.39 bits per heavy atom. The van der Waals surface area contributed by atoms with Gasteiger partial charge in [0.05, 0.1) is 5.41 Å². The van der Waals surface area contributed by atoms with Crippen LogP contribution in [0.15, 0.2) is 11.3 Å². The molecule has 4 nitrogen and oxygen atoms in total. The molecule has 0 radical (unpaired) electrons. The molecule has 18 heavy (non-hydrogen) atoms. The maximum Gasteiger partial charge on any atom is 0.329 e. The molecule has 0 spiro atoms. The monoisotopic (exact) mass is 254 g/mol. The van der Waals surface area contributed by atoms with Crippen LogP contribution in [-0.4, -0.2) is 24.5 Å². The van der Waals surface area contributed by atoms with Crippen LogP contribution >= 0.6 is 0 Å². The van der Waals surface area contributed by atoms with Gasteiger partial charge in [-0.25, -0.2) is 4.79 Å². The Bertz CT molecular complexity index is 370. The molecule has 1 rings (SSSR count). The predicted molar refractivity (Wildman–Crippen MR) is 72.4 cm³/mol. The van der Waals surface area contributed by atoms with Crippen molar-refractivity contribution in [2.45, 2.75) is 47.5 Å². The number of nitrogens with two attached hydrogens (primary N) is 1. The van der Waals surface area contributed by atoms with Gasteiger partial charge >= 0.3 is 5.97 Å². The van der Waals surface area contributed by atoms with E-state index in [4.69, 9.17) is 5.90 Å². The van der Waals surface area contributed by atoms with Gasteiger partial charge in [0.25, 0.3) is 0 Å². The van der Waals surface area contributed by atoms with Gasteiger partial charge in [-0.3, -0.25) is 0 Å². The van der Waals surface area contributed by atoms with Gasteiger partial charge in [-0.2, -0.15) is 5.90 Å². The summed E-state index contributed by atoms with van der Waals surface area (Å²) >= 11 is 0. The van der Waals surface area contributed by atoms with E-state index < -0.39 is 5.41 Å². The van der Waals surface area contributed by atoms with E-state index in [0.29, 0.717) is 0 Å². The van der Waals surface area contributed by atoms with Crippen molar-refractivity contribution in [3.63, 3.8) is 0 Å². The van der Waals surface area contributed by atoms with Crippen LogP contribution in [0.1, 0.15) is 47.5 Å². The lowest BCUT2D eigenvalue weighted by atomic mass is 9.75. The minimum absolute atomic E-state index is 0.0301. The van der Waals surface area contributed by atoms with E-state index in [1.807, 2.05) is 13.8 Å². The van der Waals surface area contributed by atoms with Crippen molar-refractivity contribution >= 4 is 5.97 Å². The van der Waals surface area contributed by atoms with Crippen LogP contribution in [0.5, 0.6) is 0 Å². The summed E-state index contributed by atoms with van der Waals surface area (Å²) < 4.78 is 0. The predicted octanol–water partition coefficient (Wildman–Crippen LogP) is 2.46. The molecule has 0 heterocycles. The largest absolute Gasteiger partial charge is 0.377 e. The van der Waals surface area contributed by atoms with Crippen LogP contribution in [0.3, 0.4) is 0 Å². The highest BCUT2D eigenvalue weighted by molar-refractivity contribution is 5.75. The molecule has 0 saturated carbocycles. The molecule has 0 aromatic rings. The number of allylic oxidation sites excluding steroid dienone is 2. The summed E-state index contributed by atoms with van der Waals surface area (Å²) in [6, 6.07) is 0. The van der Waals surface area contributed by atoms with Crippen LogP contribution in [0.25, 0.3) is 0 Å². The Labute approximate surface area is 110 Å². The molecule has 1 aliphatic carbocycles. The molecule has 0 amide bonds. The van der Waals surface area contributed by atoms with E-state index in [9.17, 15) is 4.79 Å². The topological polar surface area (TPSA) is 55.6 Å². The second kappa shape index (κ2) is 4.92. The molecule has 4 heteroatoms. The zero-order valence-electron chi connectivity index (χ0n) is 12.5. The molecule has 1 aliphatic rings. The van der Waals surface area contributed by atoms with Gasteiger partial charge in [-0.1, -0.05) is 13.8 Å².